The number of phenols is 1. The summed E-state index contributed by atoms with van der Waals surface area (Å²) in [4.78, 5) is 4.11. The van der Waals surface area contributed by atoms with Crippen molar-refractivity contribution in [3.05, 3.63) is 36.7 Å². The number of nitrogens with zero attached hydrogens (tertiary/aromatic N) is 2. The molecule has 3 aromatic rings. The van der Waals surface area contributed by atoms with Crippen molar-refractivity contribution >= 4 is 21.8 Å². The Kier molecular flexibility index (Phi) is 1.51. The van der Waals surface area contributed by atoms with Gasteiger partial charge in [0.1, 0.15) is 5.75 Å². The molecule has 0 atom stereocenters. The highest BCUT2D eigenvalue weighted by Crippen LogP contribution is 2.29. The first-order valence-corrected chi connectivity index (χ1v) is 4.78. The van der Waals surface area contributed by atoms with Gasteiger partial charge in [0.15, 0.2) is 0 Å². The van der Waals surface area contributed by atoms with E-state index in [1.807, 2.05) is 29.9 Å². The monoisotopic (exact) mass is 198 g/mol. The predicted octanol–water partition coefficient (Wildman–Crippen LogP) is 2.43. The first-order chi connectivity index (χ1) is 7.27. The Morgan fingerprint density at radius 3 is 2.80 bits per heavy atom. The van der Waals surface area contributed by atoms with Crippen molar-refractivity contribution in [2.75, 3.05) is 0 Å². The number of benzene rings is 1. The van der Waals surface area contributed by atoms with E-state index in [-0.39, 0.29) is 0 Å². The summed E-state index contributed by atoms with van der Waals surface area (Å²) in [7, 11) is 1.98. The Hall–Kier alpha value is -2.03. The van der Waals surface area contributed by atoms with Gasteiger partial charge >= 0.3 is 0 Å². The van der Waals surface area contributed by atoms with Crippen molar-refractivity contribution in [2.24, 2.45) is 7.05 Å². The zero-order valence-electron chi connectivity index (χ0n) is 8.31. The van der Waals surface area contributed by atoms with Crippen molar-refractivity contribution in [1.29, 1.82) is 0 Å². The minimum atomic E-state index is 0.293. The van der Waals surface area contributed by atoms with E-state index in [2.05, 4.69) is 4.98 Å². The Balaban J connectivity index is 2.63. The summed E-state index contributed by atoms with van der Waals surface area (Å²) in [6.45, 7) is 0. The predicted molar refractivity (Wildman–Crippen MR) is 59.9 cm³/mol. The number of aryl methyl sites for hydroxylation is 1. The molecule has 0 amide bonds. The van der Waals surface area contributed by atoms with Gasteiger partial charge in [-0.25, -0.2) is 0 Å². The van der Waals surface area contributed by atoms with Gasteiger partial charge in [0.2, 0.25) is 0 Å². The van der Waals surface area contributed by atoms with E-state index < -0.39 is 0 Å². The van der Waals surface area contributed by atoms with Gasteiger partial charge in [0, 0.05) is 30.1 Å². The van der Waals surface area contributed by atoms with E-state index >= 15 is 0 Å². The van der Waals surface area contributed by atoms with Gasteiger partial charge in [-0.15, -0.1) is 0 Å². The molecule has 0 aliphatic heterocycles. The van der Waals surface area contributed by atoms with Gasteiger partial charge in [0.05, 0.1) is 17.2 Å². The molecule has 0 saturated carbocycles. The zero-order chi connectivity index (χ0) is 10.4. The Bertz CT molecular complexity index is 655. The van der Waals surface area contributed by atoms with Crippen LogP contribution < -0.4 is 0 Å². The molecule has 3 heteroatoms. The van der Waals surface area contributed by atoms with Gasteiger partial charge in [0.25, 0.3) is 0 Å². The number of hydrogen-bond acceptors (Lipinski definition) is 2. The second kappa shape index (κ2) is 2.73. The van der Waals surface area contributed by atoms with Gasteiger partial charge in [-0.1, -0.05) is 0 Å². The van der Waals surface area contributed by atoms with Crippen molar-refractivity contribution in [2.45, 2.75) is 0 Å². The second-order valence-corrected chi connectivity index (χ2v) is 3.65. The lowest BCUT2D eigenvalue weighted by atomic mass is 10.2. The van der Waals surface area contributed by atoms with Gasteiger partial charge in [-0.3, -0.25) is 4.98 Å². The van der Waals surface area contributed by atoms with Gasteiger partial charge in [-0.2, -0.15) is 0 Å². The topological polar surface area (TPSA) is 38.0 Å². The lowest BCUT2D eigenvalue weighted by Crippen LogP contribution is -1.86. The number of rotatable bonds is 0. The third kappa shape index (κ3) is 1.03. The van der Waals surface area contributed by atoms with Gasteiger partial charge in [-0.05, 0) is 18.2 Å². The number of aromatic nitrogens is 2. The fourth-order valence-electron chi connectivity index (χ4n) is 2.04. The summed E-state index contributed by atoms with van der Waals surface area (Å²) in [6, 6.07) is 7.42. The number of pyridine rings is 1. The van der Waals surface area contributed by atoms with E-state index in [9.17, 15) is 5.11 Å². The summed E-state index contributed by atoms with van der Waals surface area (Å²) in [5, 5.41) is 11.8. The highest BCUT2D eigenvalue weighted by atomic mass is 16.3. The van der Waals surface area contributed by atoms with Crippen LogP contribution in [0.3, 0.4) is 0 Å². The molecule has 0 unspecified atom stereocenters. The van der Waals surface area contributed by atoms with Crippen molar-refractivity contribution in [1.82, 2.24) is 9.55 Å². The minimum absolute atomic E-state index is 0.293. The summed E-state index contributed by atoms with van der Waals surface area (Å²) in [6.07, 6.45) is 3.63. The van der Waals surface area contributed by atoms with Crippen LogP contribution in [0.15, 0.2) is 36.7 Å². The Morgan fingerprint density at radius 1 is 1.13 bits per heavy atom. The maximum atomic E-state index is 9.45. The molecule has 3 rings (SSSR count). The third-order valence-electron chi connectivity index (χ3n) is 2.79. The molecule has 0 aliphatic rings. The highest BCUT2D eigenvalue weighted by Gasteiger charge is 2.07. The summed E-state index contributed by atoms with van der Waals surface area (Å²) in [5.41, 5.74) is 2.11. The molecular formula is C12H10N2O. The van der Waals surface area contributed by atoms with Crippen LogP contribution in [0, 0.1) is 0 Å². The smallest absolute Gasteiger partial charge is 0.117 e. The quantitative estimate of drug-likeness (QED) is 0.602. The average molecular weight is 198 g/mol. The molecule has 2 heterocycles. The number of phenolic OH excluding ortho intramolecular Hbond substituents is 1. The van der Waals surface area contributed by atoms with E-state index in [0.717, 1.165) is 16.4 Å². The van der Waals surface area contributed by atoms with Crippen LogP contribution in [0.25, 0.3) is 21.8 Å². The van der Waals surface area contributed by atoms with Crippen LogP contribution in [0.5, 0.6) is 5.75 Å². The molecule has 0 saturated heterocycles. The Morgan fingerprint density at radius 2 is 1.93 bits per heavy atom. The van der Waals surface area contributed by atoms with Crippen LogP contribution in [-0.4, -0.2) is 14.7 Å². The van der Waals surface area contributed by atoms with E-state index in [0.29, 0.717) is 5.75 Å². The maximum Gasteiger partial charge on any atom is 0.117 e. The van der Waals surface area contributed by atoms with E-state index in [4.69, 9.17) is 0 Å². The number of fused-ring (bicyclic) bond motifs is 3. The molecule has 1 aromatic carbocycles. The molecular weight excluding hydrogens is 188 g/mol. The zero-order valence-corrected chi connectivity index (χ0v) is 8.31. The minimum Gasteiger partial charge on any atom is -0.508 e. The largest absolute Gasteiger partial charge is 0.508 e. The van der Waals surface area contributed by atoms with Crippen molar-refractivity contribution < 1.29 is 5.11 Å². The number of aromatic hydroxyl groups is 1. The lowest BCUT2D eigenvalue weighted by Gasteiger charge is -1.97. The molecule has 0 fully saturated rings. The molecule has 0 bridgehead atoms. The average Bonchev–Trinajstić information content (AvgIpc) is 2.54. The fraction of sp³-hybridized carbons (Fsp3) is 0.0833. The Labute approximate surface area is 86.6 Å². The van der Waals surface area contributed by atoms with Crippen LogP contribution in [0.2, 0.25) is 0 Å². The summed E-state index contributed by atoms with van der Waals surface area (Å²) < 4.78 is 2.04. The molecule has 0 spiro atoms. The van der Waals surface area contributed by atoms with Crippen LogP contribution in [0.1, 0.15) is 0 Å². The van der Waals surface area contributed by atoms with Gasteiger partial charge < -0.3 is 9.67 Å². The standard InChI is InChI=1S/C12H10N2O/c1-14-11-6-8(15)2-3-9(11)10-4-5-13-7-12(10)14/h2-7,15H,1H3. The third-order valence-corrected chi connectivity index (χ3v) is 2.79. The molecule has 0 radical (unpaired) electrons. The maximum absolute atomic E-state index is 9.45. The summed E-state index contributed by atoms with van der Waals surface area (Å²) in [5.74, 6) is 0.293. The second-order valence-electron chi connectivity index (χ2n) is 3.65. The van der Waals surface area contributed by atoms with Crippen LogP contribution in [-0.2, 0) is 7.05 Å². The molecule has 1 N–H and O–H groups in total. The van der Waals surface area contributed by atoms with E-state index in [1.165, 1.54) is 5.39 Å². The molecule has 15 heavy (non-hydrogen) atoms. The molecule has 0 aliphatic carbocycles. The normalized spacial score (nSPS) is 11.3. The van der Waals surface area contributed by atoms with E-state index in [1.54, 1.807) is 18.3 Å². The van der Waals surface area contributed by atoms with Crippen LogP contribution >= 0.6 is 0 Å². The number of hydrogen-bond donors (Lipinski definition) is 1. The van der Waals surface area contributed by atoms with Crippen LogP contribution in [0.4, 0.5) is 0 Å². The fourth-order valence-corrected chi connectivity index (χ4v) is 2.04. The molecule has 2 aromatic heterocycles. The highest BCUT2D eigenvalue weighted by molar-refractivity contribution is 6.07. The summed E-state index contributed by atoms with van der Waals surface area (Å²) >= 11 is 0. The van der Waals surface area contributed by atoms with Crippen molar-refractivity contribution in [3.8, 4) is 5.75 Å². The first-order valence-electron chi connectivity index (χ1n) is 4.78. The first kappa shape index (κ1) is 8.29. The molecule has 74 valence electrons. The van der Waals surface area contributed by atoms with Crippen molar-refractivity contribution in [3.63, 3.8) is 0 Å². The molecule has 3 nitrogen and oxygen atoms in total. The SMILES string of the molecule is Cn1c2cnccc2c2ccc(O)cc21. The lowest BCUT2D eigenvalue weighted by molar-refractivity contribution is 0.476.